The van der Waals surface area contributed by atoms with Crippen LogP contribution in [-0.2, 0) is 0 Å². The Labute approximate surface area is 104 Å². The zero-order valence-corrected chi connectivity index (χ0v) is 9.97. The highest BCUT2D eigenvalue weighted by molar-refractivity contribution is 5.75. The van der Waals surface area contributed by atoms with Gasteiger partial charge in [0.1, 0.15) is 5.52 Å². The number of nitrogen functional groups attached to an aromatic ring is 1. The van der Waals surface area contributed by atoms with Crippen molar-refractivity contribution in [3.63, 3.8) is 0 Å². The van der Waals surface area contributed by atoms with Crippen LogP contribution in [0.25, 0.3) is 11.1 Å². The molecule has 0 fully saturated rings. The van der Waals surface area contributed by atoms with Crippen LogP contribution < -0.4 is 11.1 Å². The molecule has 0 aliphatic carbocycles. The van der Waals surface area contributed by atoms with Crippen molar-refractivity contribution < 1.29 is 4.42 Å². The Morgan fingerprint density at radius 1 is 1.17 bits per heavy atom. The summed E-state index contributed by atoms with van der Waals surface area (Å²) in [6.07, 6.45) is 0. The van der Waals surface area contributed by atoms with Gasteiger partial charge in [0.15, 0.2) is 5.58 Å². The Balaban J connectivity index is 1.93. The van der Waals surface area contributed by atoms with Crippen LogP contribution in [-0.4, -0.2) is 4.98 Å². The highest BCUT2D eigenvalue weighted by Crippen LogP contribution is 2.23. The number of oxazole rings is 1. The molecule has 3 N–H and O–H groups in total. The Hall–Kier alpha value is -2.49. The minimum Gasteiger partial charge on any atom is -0.423 e. The molecular weight excluding hydrogens is 226 g/mol. The van der Waals surface area contributed by atoms with Crippen molar-refractivity contribution in [3.8, 4) is 0 Å². The number of benzene rings is 2. The molecule has 0 spiro atoms. The highest BCUT2D eigenvalue weighted by Gasteiger charge is 2.05. The maximum Gasteiger partial charge on any atom is 0.300 e. The average molecular weight is 239 g/mol. The van der Waals surface area contributed by atoms with Crippen LogP contribution >= 0.6 is 0 Å². The van der Waals surface area contributed by atoms with Gasteiger partial charge in [-0.05, 0) is 36.8 Å². The molecule has 0 radical (unpaired) electrons. The summed E-state index contributed by atoms with van der Waals surface area (Å²) in [5.41, 5.74) is 10.1. The van der Waals surface area contributed by atoms with Crippen LogP contribution in [0.4, 0.5) is 17.4 Å². The number of nitrogens with one attached hydrogen (secondary N) is 1. The van der Waals surface area contributed by atoms with Crippen molar-refractivity contribution in [1.29, 1.82) is 0 Å². The first-order valence-corrected chi connectivity index (χ1v) is 5.71. The van der Waals surface area contributed by atoms with E-state index in [0.29, 0.717) is 6.01 Å². The van der Waals surface area contributed by atoms with E-state index in [1.165, 1.54) is 0 Å². The zero-order chi connectivity index (χ0) is 12.5. The number of aryl methyl sites for hydroxylation is 1. The maximum atomic E-state index is 5.86. The number of anilines is 3. The number of nitrogens with zero attached hydrogens (tertiary/aromatic N) is 1. The van der Waals surface area contributed by atoms with E-state index in [-0.39, 0.29) is 0 Å². The second-order valence-electron chi connectivity index (χ2n) is 4.18. The predicted molar refractivity (Wildman–Crippen MR) is 72.9 cm³/mol. The summed E-state index contributed by atoms with van der Waals surface area (Å²) in [6.45, 7) is 1.97. The van der Waals surface area contributed by atoms with Gasteiger partial charge in [-0.3, -0.25) is 0 Å². The first kappa shape index (κ1) is 10.7. The van der Waals surface area contributed by atoms with E-state index in [4.69, 9.17) is 10.2 Å². The average Bonchev–Trinajstić information content (AvgIpc) is 2.76. The number of rotatable bonds is 2. The normalized spacial score (nSPS) is 10.7. The van der Waals surface area contributed by atoms with Crippen molar-refractivity contribution in [1.82, 2.24) is 4.98 Å². The molecule has 0 bridgehead atoms. The lowest BCUT2D eigenvalue weighted by molar-refractivity contribution is 0.623. The molecule has 90 valence electrons. The van der Waals surface area contributed by atoms with Crippen LogP contribution in [0.5, 0.6) is 0 Å². The first-order chi connectivity index (χ1) is 8.72. The molecule has 18 heavy (non-hydrogen) atoms. The first-order valence-electron chi connectivity index (χ1n) is 5.71. The molecule has 2 aromatic carbocycles. The van der Waals surface area contributed by atoms with Gasteiger partial charge in [0.25, 0.3) is 6.01 Å². The summed E-state index contributed by atoms with van der Waals surface area (Å²) in [7, 11) is 0. The van der Waals surface area contributed by atoms with Crippen LogP contribution in [0.2, 0.25) is 0 Å². The van der Waals surface area contributed by atoms with Crippen molar-refractivity contribution in [3.05, 3.63) is 48.0 Å². The second kappa shape index (κ2) is 4.07. The van der Waals surface area contributed by atoms with Crippen molar-refractivity contribution in [2.24, 2.45) is 0 Å². The number of fused-ring (bicyclic) bond motifs is 1. The highest BCUT2D eigenvalue weighted by atomic mass is 16.4. The third kappa shape index (κ3) is 1.88. The van der Waals surface area contributed by atoms with Gasteiger partial charge in [0.05, 0.1) is 0 Å². The molecular formula is C14H13N3O. The summed E-state index contributed by atoms with van der Waals surface area (Å²) >= 11 is 0. The minimum atomic E-state index is 0.472. The molecule has 0 amide bonds. The van der Waals surface area contributed by atoms with E-state index in [2.05, 4.69) is 10.3 Å². The lowest BCUT2D eigenvalue weighted by Gasteiger charge is -2.04. The zero-order valence-electron chi connectivity index (χ0n) is 9.97. The van der Waals surface area contributed by atoms with E-state index in [0.717, 1.165) is 28.0 Å². The molecule has 3 aromatic rings. The molecule has 4 nitrogen and oxygen atoms in total. The molecule has 0 saturated heterocycles. The molecule has 0 saturated carbocycles. The third-order valence-electron chi connectivity index (χ3n) is 2.82. The van der Waals surface area contributed by atoms with E-state index in [9.17, 15) is 0 Å². The van der Waals surface area contributed by atoms with Gasteiger partial charge in [-0.15, -0.1) is 0 Å². The number of nitrogens with two attached hydrogens (primary N) is 1. The number of hydrogen-bond donors (Lipinski definition) is 2. The maximum absolute atomic E-state index is 5.86. The molecule has 1 heterocycles. The number of para-hydroxylation sites is 2. The Bertz CT molecular complexity index is 670. The van der Waals surface area contributed by atoms with E-state index >= 15 is 0 Å². The SMILES string of the molecule is Cc1ccc(Nc2nc3ccccc3o2)cc1N. The fourth-order valence-corrected chi connectivity index (χ4v) is 1.77. The molecule has 0 aliphatic heterocycles. The minimum absolute atomic E-state index is 0.472. The van der Waals surface area contributed by atoms with Crippen molar-refractivity contribution in [2.75, 3.05) is 11.1 Å². The van der Waals surface area contributed by atoms with Gasteiger partial charge in [0, 0.05) is 11.4 Å². The largest absolute Gasteiger partial charge is 0.423 e. The third-order valence-corrected chi connectivity index (χ3v) is 2.82. The van der Waals surface area contributed by atoms with Crippen molar-refractivity contribution in [2.45, 2.75) is 6.92 Å². The monoisotopic (exact) mass is 239 g/mol. The lowest BCUT2D eigenvalue weighted by atomic mass is 10.2. The molecule has 3 rings (SSSR count). The van der Waals surface area contributed by atoms with Crippen LogP contribution in [0, 0.1) is 6.92 Å². The standard InChI is InChI=1S/C14H13N3O/c1-9-6-7-10(8-11(9)15)16-14-17-12-4-2-3-5-13(12)18-14/h2-8H,15H2,1H3,(H,16,17). The van der Waals surface area contributed by atoms with Crippen LogP contribution in [0.1, 0.15) is 5.56 Å². The van der Waals surface area contributed by atoms with Gasteiger partial charge in [-0.2, -0.15) is 4.98 Å². The quantitative estimate of drug-likeness (QED) is 0.672. The Morgan fingerprint density at radius 3 is 2.78 bits per heavy atom. The smallest absolute Gasteiger partial charge is 0.300 e. The van der Waals surface area contributed by atoms with Crippen molar-refractivity contribution >= 4 is 28.5 Å². The van der Waals surface area contributed by atoms with Crippen LogP contribution in [0.3, 0.4) is 0 Å². The molecule has 0 atom stereocenters. The predicted octanol–water partition coefficient (Wildman–Crippen LogP) is 3.46. The molecule has 0 unspecified atom stereocenters. The van der Waals surface area contributed by atoms with Crippen LogP contribution in [0.15, 0.2) is 46.9 Å². The summed E-state index contributed by atoms with van der Waals surface area (Å²) in [4.78, 5) is 4.34. The molecule has 4 heteroatoms. The van der Waals surface area contributed by atoms with E-state index < -0.39 is 0 Å². The number of aromatic nitrogens is 1. The Morgan fingerprint density at radius 2 is 2.00 bits per heavy atom. The van der Waals surface area contributed by atoms with Gasteiger partial charge >= 0.3 is 0 Å². The van der Waals surface area contributed by atoms with E-state index in [1.807, 2.05) is 49.4 Å². The van der Waals surface area contributed by atoms with Gasteiger partial charge in [0.2, 0.25) is 0 Å². The molecule has 0 aliphatic rings. The summed E-state index contributed by atoms with van der Waals surface area (Å²) in [6, 6.07) is 13.9. The van der Waals surface area contributed by atoms with Gasteiger partial charge in [-0.1, -0.05) is 18.2 Å². The summed E-state index contributed by atoms with van der Waals surface area (Å²) in [5, 5.41) is 3.10. The fraction of sp³-hybridized carbons (Fsp3) is 0.0714. The van der Waals surface area contributed by atoms with E-state index in [1.54, 1.807) is 0 Å². The topological polar surface area (TPSA) is 64.1 Å². The number of hydrogen-bond acceptors (Lipinski definition) is 4. The second-order valence-corrected chi connectivity index (χ2v) is 4.18. The Kier molecular flexibility index (Phi) is 2.41. The van der Waals surface area contributed by atoms with Gasteiger partial charge < -0.3 is 15.5 Å². The summed E-state index contributed by atoms with van der Waals surface area (Å²) in [5.74, 6) is 0. The fourth-order valence-electron chi connectivity index (χ4n) is 1.77. The molecule has 1 aromatic heterocycles. The van der Waals surface area contributed by atoms with Gasteiger partial charge in [-0.25, -0.2) is 0 Å². The summed E-state index contributed by atoms with van der Waals surface area (Å²) < 4.78 is 5.58. The lowest BCUT2D eigenvalue weighted by Crippen LogP contribution is -1.94.